The van der Waals surface area contributed by atoms with Crippen LogP contribution in [-0.2, 0) is 13.6 Å². The maximum atomic E-state index is 12.9. The van der Waals surface area contributed by atoms with Crippen molar-refractivity contribution in [1.29, 1.82) is 0 Å². The Kier molecular flexibility index (Phi) is 5.31. The summed E-state index contributed by atoms with van der Waals surface area (Å²) in [5.41, 5.74) is -1.27. The van der Waals surface area contributed by atoms with Crippen molar-refractivity contribution in [2.45, 2.75) is 52.7 Å². The molecule has 0 unspecified atom stereocenters. The number of phosphoric acid groups is 1. The van der Waals surface area contributed by atoms with Gasteiger partial charge in [-0.3, -0.25) is 18.8 Å². The molecule has 118 valence electrons. The van der Waals surface area contributed by atoms with Gasteiger partial charge in [-0.15, -0.1) is 0 Å². The van der Waals surface area contributed by atoms with Crippen LogP contribution in [0.15, 0.2) is 18.5 Å². The molecular formula is C14H22NO5P. The Morgan fingerprint density at radius 3 is 2.05 bits per heavy atom. The second-order valence-electron chi connectivity index (χ2n) is 6.48. The predicted molar refractivity (Wildman–Crippen MR) is 79.5 cm³/mol. The van der Waals surface area contributed by atoms with Crippen molar-refractivity contribution in [1.82, 2.24) is 4.98 Å². The van der Waals surface area contributed by atoms with Gasteiger partial charge in [0, 0.05) is 6.20 Å². The summed E-state index contributed by atoms with van der Waals surface area (Å²) in [6.07, 6.45) is 3.33. The third kappa shape index (κ3) is 6.38. The van der Waals surface area contributed by atoms with Crippen LogP contribution < -0.4 is 4.52 Å². The van der Waals surface area contributed by atoms with Gasteiger partial charge in [0.25, 0.3) is 0 Å². The quantitative estimate of drug-likeness (QED) is 0.603. The molecule has 0 aliphatic rings. The minimum Gasteiger partial charge on any atom is -0.402 e. The number of hydrogen-bond acceptors (Lipinski definition) is 6. The standard InChI is InChI=1S/C14H22NO5P/c1-13(2,3)19-21(17,20-14(4,5)6)18-12-9-15-8-7-11(12)10-16/h7-10H,1-6H3. The van der Waals surface area contributed by atoms with Gasteiger partial charge >= 0.3 is 7.82 Å². The van der Waals surface area contributed by atoms with E-state index in [0.717, 1.165) is 0 Å². The lowest BCUT2D eigenvalue weighted by molar-refractivity contribution is 0.0223. The number of nitrogens with zero attached hydrogens (tertiary/aromatic N) is 1. The lowest BCUT2D eigenvalue weighted by atomic mass is 10.2. The van der Waals surface area contributed by atoms with Crippen LogP contribution in [0.25, 0.3) is 0 Å². The number of carbonyl (C=O) groups excluding carboxylic acids is 1. The third-order valence-corrected chi connectivity index (χ3v) is 3.89. The maximum absolute atomic E-state index is 12.9. The summed E-state index contributed by atoms with van der Waals surface area (Å²) >= 11 is 0. The zero-order valence-electron chi connectivity index (χ0n) is 13.2. The first-order valence-electron chi connectivity index (χ1n) is 6.54. The first-order valence-corrected chi connectivity index (χ1v) is 8.00. The van der Waals surface area contributed by atoms with E-state index in [2.05, 4.69) is 4.98 Å². The van der Waals surface area contributed by atoms with Crippen molar-refractivity contribution < 1.29 is 22.9 Å². The maximum Gasteiger partial charge on any atom is 0.531 e. The fraction of sp³-hybridized carbons (Fsp3) is 0.571. The molecule has 7 heteroatoms. The van der Waals surface area contributed by atoms with Gasteiger partial charge in [-0.25, -0.2) is 4.57 Å². The molecule has 0 bridgehead atoms. The van der Waals surface area contributed by atoms with E-state index in [1.807, 2.05) is 0 Å². The summed E-state index contributed by atoms with van der Waals surface area (Å²) in [5.74, 6) is 0.0596. The van der Waals surface area contributed by atoms with Gasteiger partial charge in [0.05, 0.1) is 23.0 Å². The van der Waals surface area contributed by atoms with Crippen molar-refractivity contribution in [3.63, 3.8) is 0 Å². The van der Waals surface area contributed by atoms with Crippen LogP contribution in [-0.4, -0.2) is 22.5 Å². The molecule has 6 nitrogen and oxygen atoms in total. The molecule has 0 atom stereocenters. The van der Waals surface area contributed by atoms with E-state index in [-0.39, 0.29) is 11.3 Å². The zero-order chi connectivity index (χ0) is 16.3. The Balaban J connectivity index is 3.13. The highest BCUT2D eigenvalue weighted by Gasteiger charge is 2.39. The molecule has 0 radical (unpaired) electrons. The lowest BCUT2D eigenvalue weighted by Gasteiger charge is -2.30. The van der Waals surface area contributed by atoms with Crippen molar-refractivity contribution >= 4 is 14.1 Å². The second kappa shape index (κ2) is 6.26. The highest BCUT2D eigenvalue weighted by atomic mass is 31.2. The van der Waals surface area contributed by atoms with Gasteiger partial charge in [0.15, 0.2) is 12.0 Å². The van der Waals surface area contributed by atoms with Crippen molar-refractivity contribution in [2.24, 2.45) is 0 Å². The number of rotatable bonds is 5. The minimum absolute atomic E-state index is 0.0596. The van der Waals surface area contributed by atoms with E-state index in [4.69, 9.17) is 13.6 Å². The Morgan fingerprint density at radius 1 is 1.10 bits per heavy atom. The Morgan fingerprint density at radius 2 is 1.62 bits per heavy atom. The number of carbonyl (C=O) groups is 1. The van der Waals surface area contributed by atoms with Crippen molar-refractivity contribution in [2.75, 3.05) is 0 Å². The fourth-order valence-corrected chi connectivity index (χ4v) is 3.26. The van der Waals surface area contributed by atoms with Gasteiger partial charge in [0.1, 0.15) is 0 Å². The molecule has 1 aromatic rings. The molecule has 0 saturated heterocycles. The monoisotopic (exact) mass is 315 g/mol. The number of hydrogen-bond donors (Lipinski definition) is 0. The Labute approximate surface area is 125 Å². The predicted octanol–water partition coefficient (Wildman–Crippen LogP) is 4.01. The molecule has 0 spiro atoms. The molecule has 1 aromatic heterocycles. The smallest absolute Gasteiger partial charge is 0.402 e. The molecule has 0 amide bonds. The van der Waals surface area contributed by atoms with E-state index < -0.39 is 19.0 Å². The van der Waals surface area contributed by atoms with Crippen LogP contribution in [0.1, 0.15) is 51.9 Å². The number of aromatic nitrogens is 1. The number of pyridine rings is 1. The molecule has 0 N–H and O–H groups in total. The molecule has 1 heterocycles. The summed E-state index contributed by atoms with van der Waals surface area (Å²) < 4.78 is 29.2. The summed E-state index contributed by atoms with van der Waals surface area (Å²) in [6, 6.07) is 1.46. The average molecular weight is 315 g/mol. The van der Waals surface area contributed by atoms with Gasteiger partial charge < -0.3 is 4.52 Å². The molecule has 0 aliphatic carbocycles. The van der Waals surface area contributed by atoms with Gasteiger partial charge in [-0.1, -0.05) is 0 Å². The summed E-state index contributed by atoms with van der Waals surface area (Å²) in [7, 11) is -3.92. The highest BCUT2D eigenvalue weighted by Crippen LogP contribution is 2.55. The van der Waals surface area contributed by atoms with E-state index >= 15 is 0 Å². The normalized spacial score (nSPS) is 13.0. The van der Waals surface area contributed by atoms with Gasteiger partial charge in [-0.05, 0) is 47.6 Å². The minimum atomic E-state index is -3.92. The molecule has 1 rings (SSSR count). The first kappa shape index (κ1) is 17.8. The summed E-state index contributed by atoms with van der Waals surface area (Å²) in [6.45, 7) is 10.4. The molecule has 0 aliphatic heterocycles. The average Bonchev–Trinajstić information content (AvgIpc) is 2.23. The topological polar surface area (TPSA) is 74.7 Å². The van der Waals surface area contributed by atoms with Crippen LogP contribution in [0.3, 0.4) is 0 Å². The first-order chi connectivity index (χ1) is 9.44. The SMILES string of the molecule is CC(C)(C)OP(=O)(Oc1cnccc1C=O)OC(C)(C)C. The third-order valence-electron chi connectivity index (χ3n) is 1.92. The fourth-order valence-electron chi connectivity index (χ4n) is 1.41. The van der Waals surface area contributed by atoms with E-state index in [1.54, 1.807) is 41.5 Å². The zero-order valence-corrected chi connectivity index (χ0v) is 14.1. The van der Waals surface area contributed by atoms with Gasteiger partial charge in [-0.2, -0.15) is 0 Å². The second-order valence-corrected chi connectivity index (χ2v) is 7.92. The van der Waals surface area contributed by atoms with E-state index in [0.29, 0.717) is 6.29 Å². The van der Waals surface area contributed by atoms with Crippen LogP contribution in [0.5, 0.6) is 5.75 Å². The summed E-state index contributed by atoms with van der Waals surface area (Å²) in [4.78, 5) is 14.9. The highest BCUT2D eigenvalue weighted by molar-refractivity contribution is 7.49. The largest absolute Gasteiger partial charge is 0.531 e. The lowest BCUT2D eigenvalue weighted by Crippen LogP contribution is -2.25. The van der Waals surface area contributed by atoms with E-state index in [1.165, 1.54) is 18.5 Å². The van der Waals surface area contributed by atoms with Crippen LogP contribution in [0.2, 0.25) is 0 Å². The molecule has 0 fully saturated rings. The summed E-state index contributed by atoms with van der Waals surface area (Å²) in [5, 5.41) is 0. The number of aldehydes is 1. The Bertz CT molecular complexity index is 525. The van der Waals surface area contributed by atoms with E-state index in [9.17, 15) is 9.36 Å². The number of phosphoric ester groups is 1. The van der Waals surface area contributed by atoms with Crippen LogP contribution >= 0.6 is 7.82 Å². The molecule has 0 aromatic carbocycles. The molecular weight excluding hydrogens is 293 g/mol. The van der Waals surface area contributed by atoms with Crippen LogP contribution in [0, 0.1) is 0 Å². The van der Waals surface area contributed by atoms with Crippen LogP contribution in [0.4, 0.5) is 0 Å². The van der Waals surface area contributed by atoms with Crippen molar-refractivity contribution in [3.8, 4) is 5.75 Å². The Hall–Kier alpha value is -1.23. The molecule has 21 heavy (non-hydrogen) atoms. The van der Waals surface area contributed by atoms with Gasteiger partial charge in [0.2, 0.25) is 0 Å². The molecule has 0 saturated carbocycles. The van der Waals surface area contributed by atoms with Crippen molar-refractivity contribution in [3.05, 3.63) is 24.0 Å².